The molecule has 0 bridgehead atoms. The summed E-state index contributed by atoms with van der Waals surface area (Å²) in [6.45, 7) is 5.95. The molecule has 0 aromatic carbocycles. The highest BCUT2D eigenvalue weighted by molar-refractivity contribution is 7.87. The van der Waals surface area contributed by atoms with E-state index in [4.69, 9.17) is 11.6 Å². The lowest BCUT2D eigenvalue weighted by Gasteiger charge is -2.30. The first-order valence-corrected chi connectivity index (χ1v) is 8.77. The number of piperidine rings is 1. The Bertz CT molecular complexity index is 335. The fraction of sp³-hybridized carbons (Fsp3) is 1.00. The normalized spacial score (nSPS) is 24.1. The van der Waals surface area contributed by atoms with Gasteiger partial charge in [0.2, 0.25) is 0 Å². The summed E-state index contributed by atoms with van der Waals surface area (Å²) in [5.41, 5.74) is 0. The van der Waals surface area contributed by atoms with Gasteiger partial charge in [-0.25, -0.2) is 4.72 Å². The Hall–Kier alpha value is 0.160. The minimum absolute atomic E-state index is 0.333. The van der Waals surface area contributed by atoms with Gasteiger partial charge in [0.15, 0.2) is 0 Å². The van der Waals surface area contributed by atoms with E-state index in [0.29, 0.717) is 37.4 Å². The van der Waals surface area contributed by atoms with E-state index in [1.807, 2.05) is 0 Å². The molecule has 18 heavy (non-hydrogen) atoms. The first kappa shape index (κ1) is 16.2. The van der Waals surface area contributed by atoms with E-state index in [2.05, 4.69) is 18.6 Å². The predicted octanol–water partition coefficient (Wildman–Crippen LogP) is 2.21. The molecule has 108 valence electrons. The summed E-state index contributed by atoms with van der Waals surface area (Å²) in [5, 5.41) is 0. The van der Waals surface area contributed by atoms with E-state index in [9.17, 15) is 8.42 Å². The van der Waals surface area contributed by atoms with Gasteiger partial charge in [-0.1, -0.05) is 20.3 Å². The van der Waals surface area contributed by atoms with Crippen molar-refractivity contribution >= 4 is 21.8 Å². The molecule has 0 spiro atoms. The zero-order valence-corrected chi connectivity index (χ0v) is 12.9. The van der Waals surface area contributed by atoms with Crippen LogP contribution in [0, 0.1) is 11.8 Å². The van der Waals surface area contributed by atoms with Crippen LogP contribution >= 0.6 is 11.6 Å². The first-order valence-electron chi connectivity index (χ1n) is 6.80. The number of rotatable bonds is 7. The van der Waals surface area contributed by atoms with Crippen LogP contribution in [-0.4, -0.2) is 38.2 Å². The Balaban J connectivity index is 2.48. The van der Waals surface area contributed by atoms with Gasteiger partial charge in [0.1, 0.15) is 0 Å². The van der Waals surface area contributed by atoms with E-state index >= 15 is 0 Å². The van der Waals surface area contributed by atoms with Crippen LogP contribution in [0.1, 0.15) is 39.5 Å². The van der Waals surface area contributed by atoms with Crippen molar-refractivity contribution in [3.05, 3.63) is 0 Å². The highest BCUT2D eigenvalue weighted by atomic mass is 35.5. The number of alkyl halides is 1. The second-order valence-corrected chi connectivity index (χ2v) is 7.34. The number of hydrogen-bond donors (Lipinski definition) is 1. The third-order valence-electron chi connectivity index (χ3n) is 3.61. The van der Waals surface area contributed by atoms with Crippen LogP contribution in [0.2, 0.25) is 0 Å². The zero-order chi connectivity index (χ0) is 13.6. The summed E-state index contributed by atoms with van der Waals surface area (Å²) in [6.07, 6.45) is 3.89. The maximum Gasteiger partial charge on any atom is 0.279 e. The molecule has 4 nitrogen and oxygen atoms in total. The van der Waals surface area contributed by atoms with Gasteiger partial charge in [-0.05, 0) is 31.1 Å². The number of nitrogens with zero attached hydrogens (tertiary/aromatic N) is 1. The monoisotopic (exact) mass is 296 g/mol. The molecule has 0 radical (unpaired) electrons. The van der Waals surface area contributed by atoms with Crippen LogP contribution in [0.3, 0.4) is 0 Å². The van der Waals surface area contributed by atoms with Crippen molar-refractivity contribution in [1.29, 1.82) is 0 Å². The zero-order valence-electron chi connectivity index (χ0n) is 11.4. The lowest BCUT2D eigenvalue weighted by Crippen LogP contribution is -2.46. The third-order valence-corrected chi connectivity index (χ3v) is 5.37. The topological polar surface area (TPSA) is 49.4 Å². The van der Waals surface area contributed by atoms with Crippen molar-refractivity contribution < 1.29 is 8.42 Å². The van der Waals surface area contributed by atoms with Crippen molar-refractivity contribution in [2.75, 3.05) is 25.5 Å². The minimum atomic E-state index is -3.30. The Morgan fingerprint density at radius 2 is 2.22 bits per heavy atom. The van der Waals surface area contributed by atoms with Crippen molar-refractivity contribution in [2.45, 2.75) is 39.5 Å². The Labute approximate surface area is 116 Å². The molecule has 1 N–H and O–H groups in total. The Kier molecular flexibility index (Phi) is 6.92. The van der Waals surface area contributed by atoms with Crippen LogP contribution in [-0.2, 0) is 10.2 Å². The summed E-state index contributed by atoms with van der Waals surface area (Å²) >= 11 is 5.71. The van der Waals surface area contributed by atoms with E-state index in [-0.39, 0.29) is 0 Å². The molecule has 6 heteroatoms. The molecule has 1 heterocycles. The average Bonchev–Trinajstić information content (AvgIpc) is 2.34. The van der Waals surface area contributed by atoms with Gasteiger partial charge in [-0.15, -0.1) is 11.6 Å². The van der Waals surface area contributed by atoms with Gasteiger partial charge in [-0.2, -0.15) is 12.7 Å². The molecule has 0 aromatic rings. The van der Waals surface area contributed by atoms with Crippen molar-refractivity contribution in [3.8, 4) is 0 Å². The second-order valence-electron chi connectivity index (χ2n) is 5.21. The Morgan fingerprint density at radius 3 is 2.78 bits per heavy atom. The lowest BCUT2D eigenvalue weighted by molar-refractivity contribution is 0.277. The molecule has 1 rings (SSSR count). The molecule has 1 saturated heterocycles. The summed E-state index contributed by atoms with van der Waals surface area (Å²) in [4.78, 5) is 0. The van der Waals surface area contributed by atoms with Gasteiger partial charge in [-0.3, -0.25) is 0 Å². The second kappa shape index (κ2) is 7.68. The van der Waals surface area contributed by atoms with E-state index in [1.54, 1.807) is 4.31 Å². The first-order chi connectivity index (χ1) is 8.49. The van der Waals surface area contributed by atoms with Crippen molar-refractivity contribution in [3.63, 3.8) is 0 Å². The van der Waals surface area contributed by atoms with Gasteiger partial charge < -0.3 is 0 Å². The number of nitrogens with one attached hydrogen (secondary N) is 1. The highest BCUT2D eigenvalue weighted by Crippen LogP contribution is 2.18. The fourth-order valence-electron chi connectivity index (χ4n) is 2.28. The molecule has 0 saturated carbocycles. The molecule has 1 fully saturated rings. The molecule has 1 aliphatic rings. The summed E-state index contributed by atoms with van der Waals surface area (Å²) in [7, 11) is -3.30. The average molecular weight is 297 g/mol. The molecular weight excluding hydrogens is 272 g/mol. The molecule has 2 atom stereocenters. The maximum absolute atomic E-state index is 12.1. The Morgan fingerprint density at radius 1 is 1.50 bits per heavy atom. The minimum Gasteiger partial charge on any atom is -0.202 e. The summed E-state index contributed by atoms with van der Waals surface area (Å²) in [6, 6.07) is 0. The molecule has 2 unspecified atom stereocenters. The quantitative estimate of drug-likeness (QED) is 0.732. The largest absolute Gasteiger partial charge is 0.279 e. The maximum atomic E-state index is 12.1. The van der Waals surface area contributed by atoms with Gasteiger partial charge >= 0.3 is 0 Å². The summed E-state index contributed by atoms with van der Waals surface area (Å²) < 4.78 is 28.6. The van der Waals surface area contributed by atoms with Crippen LogP contribution in [0.5, 0.6) is 0 Å². The van der Waals surface area contributed by atoms with E-state index < -0.39 is 10.2 Å². The van der Waals surface area contributed by atoms with Crippen LogP contribution in [0.25, 0.3) is 0 Å². The van der Waals surface area contributed by atoms with Crippen LogP contribution in [0.4, 0.5) is 0 Å². The van der Waals surface area contributed by atoms with Crippen molar-refractivity contribution in [1.82, 2.24) is 9.03 Å². The SMILES string of the molecule is CCC(CCCl)CNS(=O)(=O)N1CCCC(C)C1. The number of hydrogen-bond acceptors (Lipinski definition) is 2. The van der Waals surface area contributed by atoms with E-state index in [0.717, 1.165) is 25.7 Å². The van der Waals surface area contributed by atoms with Crippen molar-refractivity contribution in [2.24, 2.45) is 11.8 Å². The molecule has 0 amide bonds. The van der Waals surface area contributed by atoms with Crippen LogP contribution < -0.4 is 4.72 Å². The van der Waals surface area contributed by atoms with Gasteiger partial charge in [0, 0.05) is 25.5 Å². The molecule has 0 aliphatic carbocycles. The standard InChI is InChI=1S/C12H25ClN2O2S/c1-3-12(6-7-13)9-14-18(16,17)15-8-4-5-11(2)10-15/h11-12,14H,3-10H2,1-2H3. The van der Waals surface area contributed by atoms with E-state index in [1.165, 1.54) is 0 Å². The highest BCUT2D eigenvalue weighted by Gasteiger charge is 2.27. The predicted molar refractivity (Wildman–Crippen MR) is 76.0 cm³/mol. The molecule has 0 aromatic heterocycles. The van der Waals surface area contributed by atoms with Gasteiger partial charge in [0.05, 0.1) is 0 Å². The third kappa shape index (κ3) is 5.03. The van der Waals surface area contributed by atoms with Crippen LogP contribution in [0.15, 0.2) is 0 Å². The molecule has 1 aliphatic heterocycles. The fourth-order valence-corrected chi connectivity index (χ4v) is 4.04. The van der Waals surface area contributed by atoms with Gasteiger partial charge in [0.25, 0.3) is 10.2 Å². The smallest absolute Gasteiger partial charge is 0.202 e. The summed E-state index contributed by atoms with van der Waals surface area (Å²) in [5.74, 6) is 1.38. The molecular formula is C12H25ClN2O2S. The lowest BCUT2D eigenvalue weighted by atomic mass is 10.0. The number of halogens is 1.